The van der Waals surface area contributed by atoms with Gasteiger partial charge in [-0.05, 0) is 16.5 Å². The maximum absolute atomic E-state index is 12.0. The minimum absolute atomic E-state index is 0.0322. The van der Waals surface area contributed by atoms with Crippen LogP contribution >= 0.6 is 0 Å². The van der Waals surface area contributed by atoms with E-state index in [1.807, 2.05) is 25.2 Å². The largest absolute Gasteiger partial charge is 0.341 e. The minimum Gasteiger partial charge on any atom is -0.341 e. The number of hydrogen-bond acceptors (Lipinski definition) is 2. The van der Waals surface area contributed by atoms with E-state index in [1.165, 1.54) is 0 Å². The average molecular weight is 248 g/mol. The second-order valence-corrected chi connectivity index (χ2v) is 6.01. The van der Waals surface area contributed by atoms with Crippen LogP contribution in [0.25, 0.3) is 0 Å². The quantitative estimate of drug-likeness (QED) is 0.890. The number of carbonyl (C=O) groups excluding carboxylic acids is 1. The van der Waals surface area contributed by atoms with E-state index in [-0.39, 0.29) is 11.3 Å². The molecule has 1 amide bonds. The fourth-order valence-electron chi connectivity index (χ4n) is 1.81. The lowest BCUT2D eigenvalue weighted by Crippen LogP contribution is -2.29. The van der Waals surface area contributed by atoms with Crippen LogP contribution < -0.4 is 5.73 Å². The molecule has 0 saturated heterocycles. The van der Waals surface area contributed by atoms with Crippen molar-refractivity contribution in [3.8, 4) is 0 Å². The van der Waals surface area contributed by atoms with Gasteiger partial charge in [0.05, 0.1) is 0 Å². The first-order chi connectivity index (χ1) is 8.31. The molecule has 0 aromatic heterocycles. The molecule has 1 rings (SSSR count). The van der Waals surface area contributed by atoms with Crippen LogP contribution in [-0.2, 0) is 17.9 Å². The summed E-state index contributed by atoms with van der Waals surface area (Å²) in [5, 5.41) is 0. The predicted octanol–water partition coefficient (Wildman–Crippen LogP) is 2.54. The van der Waals surface area contributed by atoms with E-state index in [2.05, 4.69) is 26.8 Å². The van der Waals surface area contributed by atoms with Gasteiger partial charge in [0.15, 0.2) is 0 Å². The van der Waals surface area contributed by atoms with E-state index in [4.69, 9.17) is 5.73 Å². The Labute approximate surface area is 110 Å². The molecule has 0 bridgehead atoms. The molecule has 0 spiro atoms. The van der Waals surface area contributed by atoms with Crippen molar-refractivity contribution in [1.82, 2.24) is 4.90 Å². The lowest BCUT2D eigenvalue weighted by Gasteiger charge is -2.23. The number of rotatable bonds is 4. The summed E-state index contributed by atoms with van der Waals surface area (Å²) in [6.45, 7) is 7.41. The molecule has 0 aliphatic rings. The standard InChI is InChI=1S/C15H24N2O/c1-15(2,3)9-14(18)17(4)11-13-7-5-6-12(8-13)10-16/h5-8H,9-11,16H2,1-4H3. The lowest BCUT2D eigenvalue weighted by atomic mass is 9.91. The molecule has 3 heteroatoms. The Balaban J connectivity index is 2.63. The highest BCUT2D eigenvalue weighted by atomic mass is 16.2. The molecule has 2 N–H and O–H groups in total. The van der Waals surface area contributed by atoms with E-state index >= 15 is 0 Å². The van der Waals surface area contributed by atoms with Gasteiger partial charge < -0.3 is 10.6 Å². The second kappa shape index (κ2) is 6.01. The van der Waals surface area contributed by atoms with Crippen LogP contribution in [0, 0.1) is 5.41 Å². The first-order valence-electron chi connectivity index (χ1n) is 6.34. The van der Waals surface area contributed by atoms with Crippen LogP contribution in [0.2, 0.25) is 0 Å². The number of amides is 1. The third kappa shape index (κ3) is 4.88. The van der Waals surface area contributed by atoms with E-state index in [9.17, 15) is 4.79 Å². The molecular weight excluding hydrogens is 224 g/mol. The highest BCUT2D eigenvalue weighted by molar-refractivity contribution is 5.76. The van der Waals surface area contributed by atoms with Crippen molar-refractivity contribution in [1.29, 1.82) is 0 Å². The Kier molecular flexibility index (Phi) is 4.91. The summed E-state index contributed by atoms with van der Waals surface area (Å²) in [7, 11) is 1.85. The van der Waals surface area contributed by atoms with E-state index < -0.39 is 0 Å². The molecule has 0 aliphatic carbocycles. The van der Waals surface area contributed by atoms with Crippen molar-refractivity contribution in [2.24, 2.45) is 11.1 Å². The van der Waals surface area contributed by atoms with Gasteiger partial charge in [-0.2, -0.15) is 0 Å². The fraction of sp³-hybridized carbons (Fsp3) is 0.533. The van der Waals surface area contributed by atoms with Gasteiger partial charge in [-0.25, -0.2) is 0 Å². The van der Waals surface area contributed by atoms with Gasteiger partial charge >= 0.3 is 0 Å². The van der Waals surface area contributed by atoms with Crippen LogP contribution in [-0.4, -0.2) is 17.9 Å². The summed E-state index contributed by atoms with van der Waals surface area (Å²) in [6.07, 6.45) is 0.570. The van der Waals surface area contributed by atoms with Crippen molar-refractivity contribution in [2.75, 3.05) is 7.05 Å². The van der Waals surface area contributed by atoms with Gasteiger partial charge in [0, 0.05) is 26.6 Å². The molecule has 0 saturated carbocycles. The highest BCUT2D eigenvalue weighted by Crippen LogP contribution is 2.20. The fourth-order valence-corrected chi connectivity index (χ4v) is 1.81. The van der Waals surface area contributed by atoms with Gasteiger partial charge in [0.25, 0.3) is 0 Å². The van der Waals surface area contributed by atoms with E-state index in [0.29, 0.717) is 19.5 Å². The zero-order valence-corrected chi connectivity index (χ0v) is 11.9. The molecule has 100 valence electrons. The van der Waals surface area contributed by atoms with E-state index in [1.54, 1.807) is 4.90 Å². The first-order valence-corrected chi connectivity index (χ1v) is 6.34. The normalized spacial score (nSPS) is 11.4. The smallest absolute Gasteiger partial charge is 0.223 e. The Morgan fingerprint density at radius 2 is 1.89 bits per heavy atom. The topological polar surface area (TPSA) is 46.3 Å². The van der Waals surface area contributed by atoms with Crippen LogP contribution in [0.4, 0.5) is 0 Å². The Hall–Kier alpha value is -1.35. The van der Waals surface area contributed by atoms with Gasteiger partial charge in [0.1, 0.15) is 0 Å². The first kappa shape index (κ1) is 14.7. The Morgan fingerprint density at radius 1 is 1.28 bits per heavy atom. The molecule has 0 heterocycles. The number of carbonyl (C=O) groups is 1. The molecule has 0 unspecified atom stereocenters. The SMILES string of the molecule is CN(Cc1cccc(CN)c1)C(=O)CC(C)(C)C. The van der Waals surface area contributed by atoms with Crippen molar-refractivity contribution in [3.63, 3.8) is 0 Å². The third-order valence-electron chi connectivity index (χ3n) is 2.75. The molecule has 0 radical (unpaired) electrons. The van der Waals surface area contributed by atoms with Crippen molar-refractivity contribution in [2.45, 2.75) is 40.3 Å². The summed E-state index contributed by atoms with van der Waals surface area (Å²) in [6, 6.07) is 8.07. The predicted molar refractivity (Wildman–Crippen MR) is 74.9 cm³/mol. The minimum atomic E-state index is 0.0322. The summed E-state index contributed by atoms with van der Waals surface area (Å²) in [5.41, 5.74) is 7.87. The van der Waals surface area contributed by atoms with E-state index in [0.717, 1.165) is 11.1 Å². The molecule has 1 aromatic rings. The highest BCUT2D eigenvalue weighted by Gasteiger charge is 2.18. The molecule has 3 nitrogen and oxygen atoms in total. The number of hydrogen-bond donors (Lipinski definition) is 1. The van der Waals surface area contributed by atoms with Crippen molar-refractivity contribution < 1.29 is 4.79 Å². The summed E-state index contributed by atoms with van der Waals surface area (Å²) in [4.78, 5) is 13.8. The number of nitrogens with two attached hydrogens (primary N) is 1. The van der Waals surface area contributed by atoms with Crippen molar-refractivity contribution >= 4 is 5.91 Å². The van der Waals surface area contributed by atoms with Crippen LogP contribution in [0.5, 0.6) is 0 Å². The van der Waals surface area contributed by atoms with Crippen molar-refractivity contribution in [3.05, 3.63) is 35.4 Å². The number of benzene rings is 1. The summed E-state index contributed by atoms with van der Waals surface area (Å²) >= 11 is 0. The molecule has 18 heavy (non-hydrogen) atoms. The maximum atomic E-state index is 12.0. The molecule has 1 aromatic carbocycles. The molecule has 0 atom stereocenters. The molecule has 0 aliphatic heterocycles. The Morgan fingerprint density at radius 3 is 2.44 bits per heavy atom. The van der Waals surface area contributed by atoms with Crippen LogP contribution in [0.1, 0.15) is 38.3 Å². The van der Waals surface area contributed by atoms with Crippen LogP contribution in [0.15, 0.2) is 24.3 Å². The van der Waals surface area contributed by atoms with Gasteiger partial charge in [-0.1, -0.05) is 45.0 Å². The van der Waals surface area contributed by atoms with Crippen LogP contribution in [0.3, 0.4) is 0 Å². The Bertz CT molecular complexity index is 407. The molecular formula is C15H24N2O. The lowest BCUT2D eigenvalue weighted by molar-refractivity contribution is -0.132. The summed E-state index contributed by atoms with van der Waals surface area (Å²) < 4.78 is 0. The third-order valence-corrected chi connectivity index (χ3v) is 2.75. The molecule has 0 fully saturated rings. The number of nitrogens with zero attached hydrogens (tertiary/aromatic N) is 1. The zero-order chi connectivity index (χ0) is 13.8. The van der Waals surface area contributed by atoms with Gasteiger partial charge in [0.2, 0.25) is 5.91 Å². The van der Waals surface area contributed by atoms with Gasteiger partial charge in [-0.15, -0.1) is 0 Å². The zero-order valence-electron chi connectivity index (χ0n) is 11.9. The average Bonchev–Trinajstić information content (AvgIpc) is 2.27. The summed E-state index contributed by atoms with van der Waals surface area (Å²) in [5.74, 6) is 0.181. The van der Waals surface area contributed by atoms with Gasteiger partial charge in [-0.3, -0.25) is 4.79 Å². The second-order valence-electron chi connectivity index (χ2n) is 6.01. The maximum Gasteiger partial charge on any atom is 0.223 e. The monoisotopic (exact) mass is 248 g/mol.